The van der Waals surface area contributed by atoms with Crippen LogP contribution in [0.15, 0.2) is 18.3 Å². The van der Waals surface area contributed by atoms with E-state index in [1.807, 2.05) is 0 Å². The van der Waals surface area contributed by atoms with Gasteiger partial charge in [0.05, 0.1) is 0 Å². The highest BCUT2D eigenvalue weighted by atomic mass is 16.3. The molecule has 1 aromatic rings. The lowest BCUT2D eigenvalue weighted by molar-refractivity contribution is 0.0906. The Bertz CT molecular complexity index is 414. The van der Waals surface area contributed by atoms with Gasteiger partial charge in [0.15, 0.2) is 5.69 Å². The summed E-state index contributed by atoms with van der Waals surface area (Å²) in [5.41, 5.74) is 0.0711. The SMILES string of the molecule is O=C(NC1CCC(CO)CC1)c1ncccc1O. The van der Waals surface area contributed by atoms with Crippen LogP contribution >= 0.6 is 0 Å². The maximum Gasteiger partial charge on any atom is 0.273 e. The minimum atomic E-state index is -0.333. The van der Waals surface area contributed by atoms with Crippen LogP contribution in [0.5, 0.6) is 5.75 Å². The first-order chi connectivity index (χ1) is 8.70. The van der Waals surface area contributed by atoms with Gasteiger partial charge in [0.1, 0.15) is 5.75 Å². The summed E-state index contributed by atoms with van der Waals surface area (Å²) in [5.74, 6) is -0.0685. The first kappa shape index (κ1) is 12.8. The lowest BCUT2D eigenvalue weighted by Crippen LogP contribution is -2.38. The molecule has 1 heterocycles. The highest BCUT2D eigenvalue weighted by Gasteiger charge is 2.23. The number of aromatic nitrogens is 1. The summed E-state index contributed by atoms with van der Waals surface area (Å²) in [6.45, 7) is 0.224. The van der Waals surface area contributed by atoms with Gasteiger partial charge < -0.3 is 15.5 Å². The van der Waals surface area contributed by atoms with Gasteiger partial charge in [0.2, 0.25) is 0 Å². The Morgan fingerprint density at radius 1 is 1.39 bits per heavy atom. The lowest BCUT2D eigenvalue weighted by atomic mass is 9.86. The van der Waals surface area contributed by atoms with Crippen LogP contribution in [-0.2, 0) is 0 Å². The third-order valence-electron chi connectivity index (χ3n) is 3.44. The fraction of sp³-hybridized carbons (Fsp3) is 0.538. The molecular formula is C13H18N2O3. The van der Waals surface area contributed by atoms with E-state index in [0.29, 0.717) is 5.92 Å². The Hall–Kier alpha value is -1.62. The molecule has 0 unspecified atom stereocenters. The van der Waals surface area contributed by atoms with Gasteiger partial charge in [-0.1, -0.05) is 0 Å². The summed E-state index contributed by atoms with van der Waals surface area (Å²) in [6.07, 6.45) is 5.07. The number of nitrogens with one attached hydrogen (secondary N) is 1. The number of carbonyl (C=O) groups is 1. The summed E-state index contributed by atoms with van der Waals surface area (Å²) in [6, 6.07) is 3.14. The van der Waals surface area contributed by atoms with Crippen molar-refractivity contribution >= 4 is 5.91 Å². The summed E-state index contributed by atoms with van der Waals surface area (Å²) >= 11 is 0. The number of rotatable bonds is 3. The Morgan fingerprint density at radius 3 is 2.72 bits per heavy atom. The Balaban J connectivity index is 1.91. The number of aromatic hydroxyl groups is 1. The number of aliphatic hydroxyl groups is 1. The Kier molecular flexibility index (Phi) is 4.15. The molecule has 1 amide bonds. The minimum Gasteiger partial charge on any atom is -0.505 e. The van der Waals surface area contributed by atoms with E-state index in [-0.39, 0.29) is 30.0 Å². The van der Waals surface area contributed by atoms with Crippen molar-refractivity contribution in [3.8, 4) is 5.75 Å². The van der Waals surface area contributed by atoms with E-state index >= 15 is 0 Å². The fourth-order valence-corrected chi connectivity index (χ4v) is 2.31. The summed E-state index contributed by atoms with van der Waals surface area (Å²) in [5, 5.41) is 21.5. The van der Waals surface area contributed by atoms with Crippen molar-refractivity contribution in [3.63, 3.8) is 0 Å². The van der Waals surface area contributed by atoms with Crippen molar-refractivity contribution in [2.75, 3.05) is 6.61 Å². The molecule has 18 heavy (non-hydrogen) atoms. The van der Waals surface area contributed by atoms with Crippen molar-refractivity contribution < 1.29 is 15.0 Å². The van der Waals surface area contributed by atoms with Crippen LogP contribution in [-0.4, -0.2) is 33.8 Å². The molecule has 1 saturated carbocycles. The molecule has 5 nitrogen and oxygen atoms in total. The second kappa shape index (κ2) is 5.82. The standard InChI is InChI=1S/C13H18N2O3/c16-8-9-3-5-10(6-4-9)15-13(18)12-11(17)2-1-7-14-12/h1-2,7,9-10,16-17H,3-6,8H2,(H,15,18). The number of pyridine rings is 1. The van der Waals surface area contributed by atoms with Crippen LogP contribution in [0.25, 0.3) is 0 Å². The van der Waals surface area contributed by atoms with Gasteiger partial charge in [0, 0.05) is 18.8 Å². The fourth-order valence-electron chi connectivity index (χ4n) is 2.31. The predicted octanol–water partition coefficient (Wildman–Crippen LogP) is 1.07. The molecule has 0 spiro atoms. The largest absolute Gasteiger partial charge is 0.505 e. The quantitative estimate of drug-likeness (QED) is 0.749. The number of carbonyl (C=O) groups excluding carboxylic acids is 1. The minimum absolute atomic E-state index is 0.0711. The van der Waals surface area contributed by atoms with Crippen LogP contribution < -0.4 is 5.32 Å². The van der Waals surface area contributed by atoms with Crippen molar-refractivity contribution in [2.24, 2.45) is 5.92 Å². The Labute approximate surface area is 106 Å². The van der Waals surface area contributed by atoms with Gasteiger partial charge in [-0.05, 0) is 43.7 Å². The van der Waals surface area contributed by atoms with Gasteiger partial charge in [0.25, 0.3) is 5.91 Å². The average Bonchev–Trinajstić information content (AvgIpc) is 2.40. The second-order valence-electron chi connectivity index (χ2n) is 4.74. The first-order valence-corrected chi connectivity index (χ1v) is 6.26. The van der Waals surface area contributed by atoms with Crippen LogP contribution in [0.2, 0.25) is 0 Å². The molecule has 1 aliphatic rings. The maximum atomic E-state index is 11.9. The molecule has 0 saturated heterocycles. The molecule has 1 fully saturated rings. The molecule has 98 valence electrons. The lowest BCUT2D eigenvalue weighted by Gasteiger charge is -2.27. The number of hydrogen-bond acceptors (Lipinski definition) is 4. The van der Waals surface area contributed by atoms with E-state index < -0.39 is 0 Å². The zero-order valence-electron chi connectivity index (χ0n) is 10.2. The number of aliphatic hydroxyl groups excluding tert-OH is 1. The van der Waals surface area contributed by atoms with Crippen molar-refractivity contribution in [1.82, 2.24) is 10.3 Å². The molecule has 5 heteroatoms. The normalized spacial score (nSPS) is 23.6. The molecule has 1 aromatic heterocycles. The number of hydrogen-bond donors (Lipinski definition) is 3. The molecule has 2 rings (SSSR count). The van der Waals surface area contributed by atoms with E-state index in [4.69, 9.17) is 5.11 Å². The molecule has 0 radical (unpaired) electrons. The second-order valence-corrected chi connectivity index (χ2v) is 4.74. The molecule has 0 aliphatic heterocycles. The number of nitrogens with zero attached hydrogens (tertiary/aromatic N) is 1. The summed E-state index contributed by atoms with van der Waals surface area (Å²) in [4.78, 5) is 15.8. The van der Waals surface area contributed by atoms with Gasteiger partial charge in [-0.25, -0.2) is 4.98 Å². The van der Waals surface area contributed by atoms with Gasteiger partial charge in [-0.2, -0.15) is 0 Å². The van der Waals surface area contributed by atoms with E-state index in [0.717, 1.165) is 25.7 Å². The van der Waals surface area contributed by atoms with Crippen LogP contribution in [0.4, 0.5) is 0 Å². The zero-order valence-corrected chi connectivity index (χ0v) is 10.2. The van der Waals surface area contributed by atoms with E-state index in [2.05, 4.69) is 10.3 Å². The molecule has 0 aromatic carbocycles. The van der Waals surface area contributed by atoms with Crippen molar-refractivity contribution in [2.45, 2.75) is 31.7 Å². The third kappa shape index (κ3) is 2.98. The van der Waals surface area contributed by atoms with Crippen LogP contribution in [0.3, 0.4) is 0 Å². The van der Waals surface area contributed by atoms with Gasteiger partial charge in [-0.3, -0.25) is 4.79 Å². The summed E-state index contributed by atoms with van der Waals surface area (Å²) in [7, 11) is 0. The van der Waals surface area contributed by atoms with E-state index in [1.165, 1.54) is 12.3 Å². The van der Waals surface area contributed by atoms with Gasteiger partial charge in [-0.15, -0.1) is 0 Å². The van der Waals surface area contributed by atoms with Gasteiger partial charge >= 0.3 is 0 Å². The third-order valence-corrected chi connectivity index (χ3v) is 3.44. The van der Waals surface area contributed by atoms with Crippen molar-refractivity contribution in [3.05, 3.63) is 24.0 Å². The smallest absolute Gasteiger partial charge is 0.273 e. The topological polar surface area (TPSA) is 82.5 Å². The van der Waals surface area contributed by atoms with Crippen LogP contribution in [0, 0.1) is 5.92 Å². The highest BCUT2D eigenvalue weighted by Crippen LogP contribution is 2.24. The maximum absolute atomic E-state index is 11.9. The Morgan fingerprint density at radius 2 is 2.11 bits per heavy atom. The number of amides is 1. The molecule has 0 atom stereocenters. The summed E-state index contributed by atoms with van der Waals surface area (Å²) < 4.78 is 0. The van der Waals surface area contributed by atoms with Crippen LogP contribution in [0.1, 0.15) is 36.2 Å². The molecule has 0 bridgehead atoms. The molecular weight excluding hydrogens is 232 g/mol. The first-order valence-electron chi connectivity index (χ1n) is 6.26. The molecule has 3 N–H and O–H groups in total. The van der Waals surface area contributed by atoms with E-state index in [1.54, 1.807) is 6.07 Å². The molecule has 1 aliphatic carbocycles. The van der Waals surface area contributed by atoms with Crippen molar-refractivity contribution in [1.29, 1.82) is 0 Å². The highest BCUT2D eigenvalue weighted by molar-refractivity contribution is 5.94. The average molecular weight is 250 g/mol. The zero-order chi connectivity index (χ0) is 13.0. The monoisotopic (exact) mass is 250 g/mol. The predicted molar refractivity (Wildman–Crippen MR) is 66.2 cm³/mol. The van der Waals surface area contributed by atoms with E-state index in [9.17, 15) is 9.90 Å².